The molecule has 6 heteroatoms. The van der Waals surface area contributed by atoms with Gasteiger partial charge in [0, 0.05) is 17.0 Å². The third kappa shape index (κ3) is 3.06. The Morgan fingerprint density at radius 1 is 1.00 bits per heavy atom. The predicted molar refractivity (Wildman–Crippen MR) is 96.0 cm³/mol. The van der Waals surface area contributed by atoms with Crippen LogP contribution in [0.25, 0.3) is 5.78 Å². The van der Waals surface area contributed by atoms with Crippen LogP contribution in [0, 0.1) is 34.6 Å². The highest BCUT2D eigenvalue weighted by atomic mass is 32.2. The molecule has 5 nitrogen and oxygen atoms in total. The van der Waals surface area contributed by atoms with Crippen LogP contribution in [0.15, 0.2) is 23.4 Å². The van der Waals surface area contributed by atoms with Crippen LogP contribution >= 0.6 is 11.8 Å². The van der Waals surface area contributed by atoms with Crippen LogP contribution in [0.1, 0.15) is 38.4 Å². The fourth-order valence-corrected chi connectivity index (χ4v) is 3.63. The van der Waals surface area contributed by atoms with Gasteiger partial charge < -0.3 is 0 Å². The summed E-state index contributed by atoms with van der Waals surface area (Å²) in [4.78, 5) is 17.0. The van der Waals surface area contributed by atoms with E-state index in [4.69, 9.17) is 0 Å². The lowest BCUT2D eigenvalue weighted by molar-refractivity contribution is 0.102. The molecule has 0 saturated heterocycles. The van der Waals surface area contributed by atoms with Crippen LogP contribution in [0.5, 0.6) is 0 Å². The molecule has 0 amide bonds. The number of aryl methyl sites for hydroxylation is 5. The third-order valence-corrected chi connectivity index (χ3v) is 5.07. The maximum absolute atomic E-state index is 12.6. The van der Waals surface area contributed by atoms with E-state index in [0.29, 0.717) is 16.7 Å². The molecule has 0 radical (unpaired) electrons. The molecule has 0 saturated carbocycles. The number of carbonyl (C=O) groups is 1. The van der Waals surface area contributed by atoms with Gasteiger partial charge in [0.2, 0.25) is 0 Å². The Kier molecular flexibility index (Phi) is 4.41. The van der Waals surface area contributed by atoms with E-state index >= 15 is 0 Å². The van der Waals surface area contributed by atoms with Gasteiger partial charge >= 0.3 is 0 Å². The summed E-state index contributed by atoms with van der Waals surface area (Å²) < 4.78 is 1.89. The van der Waals surface area contributed by atoms with Gasteiger partial charge in [-0.1, -0.05) is 17.8 Å². The van der Waals surface area contributed by atoms with E-state index in [1.165, 1.54) is 17.3 Å². The number of benzene rings is 1. The van der Waals surface area contributed by atoms with Crippen LogP contribution in [-0.2, 0) is 0 Å². The molecule has 0 aliphatic rings. The average molecular weight is 340 g/mol. The average Bonchev–Trinajstić information content (AvgIpc) is 2.91. The molecule has 2 heterocycles. The van der Waals surface area contributed by atoms with Crippen LogP contribution in [0.3, 0.4) is 0 Å². The number of hydrogen-bond acceptors (Lipinski definition) is 5. The summed E-state index contributed by atoms with van der Waals surface area (Å²) >= 11 is 1.40. The SMILES string of the molecule is Cc1cc(C)n2c(SCC(=O)c3cc(C)c(C)cc3C)nnc2n1. The minimum absolute atomic E-state index is 0.107. The van der Waals surface area contributed by atoms with Gasteiger partial charge in [-0.05, 0) is 63.4 Å². The first kappa shape index (κ1) is 16.6. The molecular weight excluding hydrogens is 320 g/mol. The van der Waals surface area contributed by atoms with E-state index in [0.717, 1.165) is 28.1 Å². The van der Waals surface area contributed by atoms with E-state index < -0.39 is 0 Å². The van der Waals surface area contributed by atoms with E-state index in [2.05, 4.69) is 28.2 Å². The van der Waals surface area contributed by atoms with E-state index in [9.17, 15) is 4.79 Å². The first-order valence-electron chi connectivity index (χ1n) is 7.80. The summed E-state index contributed by atoms with van der Waals surface area (Å²) in [5.41, 5.74) is 6.06. The minimum atomic E-state index is 0.107. The monoisotopic (exact) mass is 340 g/mol. The maximum Gasteiger partial charge on any atom is 0.256 e. The quantitative estimate of drug-likeness (QED) is 0.536. The summed E-state index contributed by atoms with van der Waals surface area (Å²) in [6.45, 7) is 9.99. The minimum Gasteiger partial charge on any atom is -0.293 e. The molecule has 0 aliphatic carbocycles. The molecule has 3 rings (SSSR count). The molecule has 0 bridgehead atoms. The molecule has 0 aliphatic heterocycles. The lowest BCUT2D eigenvalue weighted by Gasteiger charge is -2.09. The van der Waals surface area contributed by atoms with Gasteiger partial charge in [0.15, 0.2) is 10.9 Å². The smallest absolute Gasteiger partial charge is 0.256 e. The Bertz CT molecular complexity index is 946. The Morgan fingerprint density at radius 2 is 1.71 bits per heavy atom. The maximum atomic E-state index is 12.6. The molecule has 0 spiro atoms. The molecule has 3 aromatic rings. The second kappa shape index (κ2) is 6.36. The van der Waals surface area contributed by atoms with Gasteiger partial charge in [-0.2, -0.15) is 0 Å². The van der Waals surface area contributed by atoms with Crippen molar-refractivity contribution in [1.29, 1.82) is 0 Å². The largest absolute Gasteiger partial charge is 0.293 e. The van der Waals surface area contributed by atoms with Gasteiger partial charge in [0.05, 0.1) is 5.75 Å². The Hall–Kier alpha value is -2.21. The Balaban J connectivity index is 1.84. The summed E-state index contributed by atoms with van der Waals surface area (Å²) in [6.07, 6.45) is 0. The number of nitrogens with zero attached hydrogens (tertiary/aromatic N) is 4. The molecule has 2 aromatic heterocycles. The number of ketones is 1. The normalized spacial score (nSPS) is 11.2. The summed E-state index contributed by atoms with van der Waals surface area (Å²) in [6, 6.07) is 6.03. The van der Waals surface area contributed by atoms with Crippen molar-refractivity contribution in [3.8, 4) is 0 Å². The van der Waals surface area contributed by atoms with E-state index in [1.54, 1.807) is 0 Å². The van der Waals surface area contributed by atoms with Gasteiger partial charge in [0.25, 0.3) is 5.78 Å². The van der Waals surface area contributed by atoms with Crippen LogP contribution in [-0.4, -0.2) is 31.1 Å². The molecule has 0 fully saturated rings. The first-order valence-corrected chi connectivity index (χ1v) is 8.78. The predicted octanol–water partition coefficient (Wildman–Crippen LogP) is 3.64. The van der Waals surface area contributed by atoms with Crippen molar-refractivity contribution >= 4 is 23.3 Å². The summed E-state index contributed by atoms with van der Waals surface area (Å²) in [5.74, 6) is 1.01. The Labute approximate surface area is 145 Å². The number of thioether (sulfide) groups is 1. The van der Waals surface area contributed by atoms with Crippen LogP contribution in [0.2, 0.25) is 0 Å². The Morgan fingerprint density at radius 3 is 2.46 bits per heavy atom. The highest BCUT2D eigenvalue weighted by Gasteiger charge is 2.15. The molecule has 24 heavy (non-hydrogen) atoms. The molecule has 0 atom stereocenters. The number of Topliss-reactive ketones (excluding diaryl/α,β-unsaturated/α-hetero) is 1. The zero-order valence-electron chi connectivity index (χ0n) is 14.5. The van der Waals surface area contributed by atoms with Crippen molar-refractivity contribution in [3.05, 3.63) is 51.8 Å². The third-order valence-electron chi connectivity index (χ3n) is 4.14. The van der Waals surface area contributed by atoms with Crippen molar-refractivity contribution in [2.45, 2.75) is 39.8 Å². The fourth-order valence-electron chi connectivity index (χ4n) is 2.76. The number of aromatic nitrogens is 4. The molecule has 124 valence electrons. The standard InChI is InChI=1S/C18H20N4OS/c1-10-6-12(3)15(7-11(10)2)16(23)9-24-18-21-20-17-19-13(4)8-14(5)22(17)18/h6-8H,9H2,1-5H3. The first-order chi connectivity index (χ1) is 11.4. The van der Waals surface area contributed by atoms with Gasteiger partial charge in [0.1, 0.15) is 0 Å². The zero-order chi connectivity index (χ0) is 17.4. The van der Waals surface area contributed by atoms with Crippen molar-refractivity contribution in [1.82, 2.24) is 19.6 Å². The second-order valence-corrected chi connectivity index (χ2v) is 7.06. The zero-order valence-corrected chi connectivity index (χ0v) is 15.4. The summed E-state index contributed by atoms with van der Waals surface area (Å²) in [5, 5.41) is 8.98. The van der Waals surface area contributed by atoms with E-state index in [1.807, 2.05) is 44.2 Å². The van der Waals surface area contributed by atoms with Gasteiger partial charge in [-0.15, -0.1) is 10.2 Å². The van der Waals surface area contributed by atoms with Gasteiger partial charge in [-0.25, -0.2) is 4.98 Å². The number of hydrogen-bond donors (Lipinski definition) is 0. The van der Waals surface area contributed by atoms with Crippen molar-refractivity contribution in [2.24, 2.45) is 0 Å². The topological polar surface area (TPSA) is 60.2 Å². The van der Waals surface area contributed by atoms with Crippen molar-refractivity contribution in [2.75, 3.05) is 5.75 Å². The molecular formula is C18H20N4OS. The second-order valence-electron chi connectivity index (χ2n) is 6.12. The van der Waals surface area contributed by atoms with Crippen LogP contribution < -0.4 is 0 Å². The molecule has 1 aromatic carbocycles. The number of fused-ring (bicyclic) bond motifs is 1. The van der Waals surface area contributed by atoms with Crippen molar-refractivity contribution < 1.29 is 4.79 Å². The lowest BCUT2D eigenvalue weighted by atomic mass is 9.99. The number of carbonyl (C=O) groups excluding carboxylic acids is 1. The van der Waals surface area contributed by atoms with Crippen LogP contribution in [0.4, 0.5) is 0 Å². The molecule has 0 unspecified atom stereocenters. The van der Waals surface area contributed by atoms with Gasteiger partial charge in [-0.3, -0.25) is 9.20 Å². The number of rotatable bonds is 4. The summed E-state index contributed by atoms with van der Waals surface area (Å²) in [7, 11) is 0. The van der Waals surface area contributed by atoms with E-state index in [-0.39, 0.29) is 5.78 Å². The highest BCUT2D eigenvalue weighted by Crippen LogP contribution is 2.22. The van der Waals surface area contributed by atoms with Crippen molar-refractivity contribution in [3.63, 3.8) is 0 Å². The molecule has 0 N–H and O–H groups in total. The highest BCUT2D eigenvalue weighted by molar-refractivity contribution is 7.99. The fraction of sp³-hybridized carbons (Fsp3) is 0.333. The lowest BCUT2D eigenvalue weighted by Crippen LogP contribution is -2.07.